The molecule has 9 nitrogen and oxygen atoms in total. The molecule has 0 unspecified atom stereocenters. The number of rotatable bonds is 5. The lowest BCUT2D eigenvalue weighted by atomic mass is 10.2. The number of aromatic nitrogens is 3. The molecule has 0 aliphatic rings. The van der Waals surface area contributed by atoms with Gasteiger partial charge in [-0.2, -0.15) is 0 Å². The Labute approximate surface area is 145 Å². The third-order valence-corrected chi connectivity index (χ3v) is 4.39. The summed E-state index contributed by atoms with van der Waals surface area (Å²) < 4.78 is 10.9. The van der Waals surface area contributed by atoms with Crippen LogP contribution in [0.1, 0.15) is 22.3 Å². The first-order valence-electron chi connectivity index (χ1n) is 7.35. The summed E-state index contributed by atoms with van der Waals surface area (Å²) in [6.45, 7) is 1.69. The zero-order valence-electron chi connectivity index (χ0n) is 13.4. The first-order chi connectivity index (χ1) is 12.0. The molecule has 0 saturated heterocycles. The molecule has 0 aliphatic carbocycles. The molecule has 0 fully saturated rings. The van der Waals surface area contributed by atoms with Crippen LogP contribution >= 0.6 is 11.3 Å². The average molecular weight is 362 g/mol. The van der Waals surface area contributed by atoms with E-state index in [4.69, 9.17) is 4.42 Å². The number of carbonyl (C=O) groups is 2. The quantitative estimate of drug-likeness (QED) is 0.683. The van der Waals surface area contributed by atoms with Crippen molar-refractivity contribution in [2.24, 2.45) is 0 Å². The highest BCUT2D eigenvalue weighted by Crippen LogP contribution is 2.17. The van der Waals surface area contributed by atoms with E-state index < -0.39 is 17.6 Å². The number of hydrogen-bond donors (Lipinski definition) is 1. The maximum atomic E-state index is 12.1. The lowest BCUT2D eigenvalue weighted by Gasteiger charge is -2.03. The first-order valence-corrected chi connectivity index (χ1v) is 8.17. The predicted molar refractivity (Wildman–Crippen MR) is 89.7 cm³/mol. The summed E-state index contributed by atoms with van der Waals surface area (Å²) in [4.78, 5) is 35.7. The summed E-state index contributed by atoms with van der Waals surface area (Å²) >= 11 is 1.27. The fraction of sp³-hybridized carbons (Fsp3) is 0.267. The van der Waals surface area contributed by atoms with Crippen LogP contribution in [0.3, 0.4) is 0 Å². The van der Waals surface area contributed by atoms with Crippen LogP contribution in [0, 0.1) is 0 Å². The highest BCUT2D eigenvalue weighted by molar-refractivity contribution is 7.15. The Balaban J connectivity index is 1.83. The standard InChI is InChI=1S/C15H14N4O5S/c1-3-12-17-18-14(25-12)16-11(20)7-19-9-5-4-8(13(21)23-2)6-10(9)24-15(19)22/h4-6H,3,7H2,1-2H3,(H,16,18,20). The van der Waals surface area contributed by atoms with Crippen LogP contribution in [-0.2, 0) is 22.5 Å². The van der Waals surface area contributed by atoms with Crippen LogP contribution in [0.4, 0.5) is 5.13 Å². The van der Waals surface area contributed by atoms with Gasteiger partial charge in [0.05, 0.1) is 18.2 Å². The van der Waals surface area contributed by atoms with Gasteiger partial charge in [0, 0.05) is 0 Å². The maximum Gasteiger partial charge on any atom is 0.420 e. The fourth-order valence-corrected chi connectivity index (χ4v) is 2.91. The van der Waals surface area contributed by atoms with Gasteiger partial charge in [0.1, 0.15) is 11.6 Å². The van der Waals surface area contributed by atoms with Crippen molar-refractivity contribution in [3.05, 3.63) is 39.3 Å². The van der Waals surface area contributed by atoms with Crippen LogP contribution in [0.25, 0.3) is 11.1 Å². The van der Waals surface area contributed by atoms with Gasteiger partial charge >= 0.3 is 11.7 Å². The van der Waals surface area contributed by atoms with E-state index >= 15 is 0 Å². The van der Waals surface area contributed by atoms with Crippen molar-refractivity contribution in [2.45, 2.75) is 19.9 Å². The number of amides is 1. The van der Waals surface area contributed by atoms with Crippen LogP contribution in [0.2, 0.25) is 0 Å². The third-order valence-electron chi connectivity index (χ3n) is 3.41. The number of nitrogens with zero attached hydrogens (tertiary/aromatic N) is 3. The zero-order chi connectivity index (χ0) is 18.0. The molecule has 0 radical (unpaired) electrons. The molecule has 10 heteroatoms. The summed E-state index contributed by atoms with van der Waals surface area (Å²) in [7, 11) is 1.26. The molecule has 3 aromatic rings. The molecule has 0 saturated carbocycles. The van der Waals surface area contributed by atoms with Crippen molar-refractivity contribution < 1.29 is 18.7 Å². The Kier molecular flexibility index (Phi) is 4.61. The zero-order valence-corrected chi connectivity index (χ0v) is 14.3. The average Bonchev–Trinajstić information content (AvgIpc) is 3.18. The normalized spacial score (nSPS) is 10.8. The number of esters is 1. The van der Waals surface area contributed by atoms with Crippen molar-refractivity contribution in [1.82, 2.24) is 14.8 Å². The Morgan fingerprint density at radius 3 is 2.84 bits per heavy atom. The number of anilines is 1. The van der Waals surface area contributed by atoms with Crippen molar-refractivity contribution in [3.8, 4) is 0 Å². The van der Waals surface area contributed by atoms with E-state index in [9.17, 15) is 14.4 Å². The summed E-state index contributed by atoms with van der Waals surface area (Å²) in [6, 6.07) is 4.42. The second-order valence-corrected chi connectivity index (χ2v) is 6.09. The molecule has 1 N–H and O–H groups in total. The van der Waals surface area contributed by atoms with E-state index in [1.54, 1.807) is 0 Å². The number of methoxy groups -OCH3 is 1. The fourth-order valence-electron chi connectivity index (χ4n) is 2.21. The molecule has 25 heavy (non-hydrogen) atoms. The van der Waals surface area contributed by atoms with Crippen LogP contribution in [-0.4, -0.2) is 33.8 Å². The van der Waals surface area contributed by atoms with Gasteiger partial charge in [-0.15, -0.1) is 10.2 Å². The van der Waals surface area contributed by atoms with Crippen LogP contribution in [0.5, 0.6) is 0 Å². The molecule has 0 atom stereocenters. The van der Waals surface area contributed by atoms with Gasteiger partial charge in [0.25, 0.3) is 0 Å². The minimum absolute atomic E-state index is 0.199. The second kappa shape index (κ2) is 6.85. The maximum absolute atomic E-state index is 12.1. The third kappa shape index (κ3) is 3.43. The van der Waals surface area contributed by atoms with Crippen LogP contribution < -0.4 is 11.1 Å². The van der Waals surface area contributed by atoms with Gasteiger partial charge in [-0.05, 0) is 24.6 Å². The SMILES string of the molecule is CCc1nnc(NC(=O)Cn2c(=O)oc3cc(C(=O)OC)ccc32)s1. The minimum Gasteiger partial charge on any atom is -0.465 e. The predicted octanol–water partition coefficient (Wildman–Crippen LogP) is 1.43. The Hall–Kier alpha value is -3.01. The van der Waals surface area contributed by atoms with E-state index in [1.165, 1.54) is 41.2 Å². The van der Waals surface area contributed by atoms with Crippen molar-refractivity contribution in [2.75, 3.05) is 12.4 Å². The molecule has 130 valence electrons. The van der Waals surface area contributed by atoms with Gasteiger partial charge in [0.2, 0.25) is 11.0 Å². The number of ether oxygens (including phenoxy) is 1. The Morgan fingerprint density at radius 2 is 2.16 bits per heavy atom. The summed E-state index contributed by atoms with van der Waals surface area (Å²) in [5, 5.41) is 11.5. The highest BCUT2D eigenvalue weighted by Gasteiger charge is 2.16. The molecular weight excluding hydrogens is 348 g/mol. The van der Waals surface area contributed by atoms with Gasteiger partial charge < -0.3 is 9.15 Å². The number of hydrogen-bond acceptors (Lipinski definition) is 8. The van der Waals surface area contributed by atoms with E-state index in [0.717, 1.165) is 11.4 Å². The number of benzene rings is 1. The molecule has 1 aromatic carbocycles. The number of oxazole rings is 1. The Morgan fingerprint density at radius 1 is 1.36 bits per heavy atom. The largest absolute Gasteiger partial charge is 0.465 e. The van der Waals surface area contributed by atoms with E-state index in [1.807, 2.05) is 6.92 Å². The van der Waals surface area contributed by atoms with Gasteiger partial charge in [0.15, 0.2) is 5.58 Å². The highest BCUT2D eigenvalue weighted by atomic mass is 32.1. The molecule has 0 aliphatic heterocycles. The lowest BCUT2D eigenvalue weighted by molar-refractivity contribution is -0.116. The summed E-state index contributed by atoms with van der Waals surface area (Å²) in [6.07, 6.45) is 0.724. The molecule has 0 spiro atoms. The molecule has 1 amide bonds. The van der Waals surface area contributed by atoms with Crippen molar-refractivity contribution in [3.63, 3.8) is 0 Å². The molecular formula is C15H14N4O5S. The van der Waals surface area contributed by atoms with Crippen molar-refractivity contribution in [1.29, 1.82) is 0 Å². The number of carbonyl (C=O) groups excluding carboxylic acids is 2. The van der Waals surface area contributed by atoms with E-state index in [0.29, 0.717) is 10.6 Å². The van der Waals surface area contributed by atoms with E-state index in [2.05, 4.69) is 20.3 Å². The number of nitrogens with one attached hydrogen (secondary N) is 1. The van der Waals surface area contributed by atoms with E-state index in [-0.39, 0.29) is 17.7 Å². The topological polar surface area (TPSA) is 116 Å². The molecule has 3 rings (SSSR count). The summed E-state index contributed by atoms with van der Waals surface area (Å²) in [5.41, 5.74) is 0.852. The van der Waals surface area contributed by atoms with Gasteiger partial charge in [-0.3, -0.25) is 14.7 Å². The molecule has 2 heterocycles. The first kappa shape index (κ1) is 16.8. The second-order valence-electron chi connectivity index (χ2n) is 5.03. The molecule has 0 bridgehead atoms. The van der Waals surface area contributed by atoms with Gasteiger partial charge in [-0.25, -0.2) is 9.59 Å². The van der Waals surface area contributed by atoms with Crippen LogP contribution in [0.15, 0.2) is 27.4 Å². The number of aryl methyl sites for hydroxylation is 1. The minimum atomic E-state index is -0.696. The monoisotopic (exact) mass is 362 g/mol. The smallest absolute Gasteiger partial charge is 0.420 e. The molecule has 2 aromatic heterocycles. The Bertz CT molecular complexity index is 1000. The van der Waals surface area contributed by atoms with Crippen molar-refractivity contribution >= 4 is 39.4 Å². The van der Waals surface area contributed by atoms with Gasteiger partial charge in [-0.1, -0.05) is 18.3 Å². The lowest BCUT2D eigenvalue weighted by Crippen LogP contribution is -2.24. The summed E-state index contributed by atoms with van der Waals surface area (Å²) in [5.74, 6) is -1.67. The number of fused-ring (bicyclic) bond motifs is 1.